The third-order valence-electron chi connectivity index (χ3n) is 1.93. The summed E-state index contributed by atoms with van der Waals surface area (Å²) in [5.41, 5.74) is 0. The molecule has 0 aromatic heterocycles. The van der Waals surface area contributed by atoms with Crippen molar-refractivity contribution >= 4 is 6.16 Å². The topological polar surface area (TPSA) is 35.5 Å². The Hall–Kier alpha value is -1.17. The maximum absolute atomic E-state index is 10.9. The Morgan fingerprint density at radius 3 is 2.47 bits per heavy atom. The highest BCUT2D eigenvalue weighted by Crippen LogP contribution is 2.02. The van der Waals surface area contributed by atoms with E-state index in [-0.39, 0.29) is 6.61 Å². The molecule has 0 aliphatic heterocycles. The fraction of sp³-hybridized carbons (Fsp3) is 0.750. The zero-order valence-electron chi connectivity index (χ0n) is 9.46. The van der Waals surface area contributed by atoms with Gasteiger partial charge in [0.15, 0.2) is 0 Å². The Labute approximate surface area is 92.1 Å². The zero-order valence-corrected chi connectivity index (χ0v) is 9.46. The first-order valence-electron chi connectivity index (χ1n) is 5.54. The molecule has 0 rings (SSSR count). The molecule has 0 aliphatic rings. The molecule has 0 atom stereocenters. The second kappa shape index (κ2) is 10.9. The van der Waals surface area contributed by atoms with Gasteiger partial charge in [-0.2, -0.15) is 0 Å². The molecule has 0 aromatic rings. The van der Waals surface area contributed by atoms with Gasteiger partial charge in [0.1, 0.15) is 6.61 Å². The first kappa shape index (κ1) is 13.8. The van der Waals surface area contributed by atoms with Crippen LogP contribution in [-0.2, 0) is 9.47 Å². The maximum atomic E-state index is 10.9. The number of hydrogen-bond donors (Lipinski definition) is 0. The molecule has 3 heteroatoms. The third-order valence-corrected chi connectivity index (χ3v) is 1.93. The van der Waals surface area contributed by atoms with Gasteiger partial charge in [0.05, 0.1) is 6.61 Å². The Morgan fingerprint density at radius 2 is 1.80 bits per heavy atom. The fourth-order valence-corrected chi connectivity index (χ4v) is 1.10. The van der Waals surface area contributed by atoms with E-state index in [0.29, 0.717) is 13.0 Å². The van der Waals surface area contributed by atoms with Crippen LogP contribution in [0.2, 0.25) is 0 Å². The van der Waals surface area contributed by atoms with E-state index in [2.05, 4.69) is 12.8 Å². The molecular weight excluding hydrogens is 192 g/mol. The van der Waals surface area contributed by atoms with E-state index in [1.807, 2.05) is 0 Å². The van der Waals surface area contributed by atoms with E-state index in [4.69, 9.17) is 15.9 Å². The van der Waals surface area contributed by atoms with Gasteiger partial charge in [-0.05, 0) is 6.42 Å². The van der Waals surface area contributed by atoms with Crippen LogP contribution in [0.25, 0.3) is 0 Å². The molecule has 0 saturated heterocycles. The third kappa shape index (κ3) is 10.8. The van der Waals surface area contributed by atoms with Gasteiger partial charge < -0.3 is 9.47 Å². The van der Waals surface area contributed by atoms with Crippen molar-refractivity contribution in [2.24, 2.45) is 0 Å². The standard InChI is InChI=1S/C12H20O3/c1-3-5-7-8-9-11-15-12(13)14-10-6-4-2/h2H,3,5-11H2,1H3. The Balaban J connectivity index is 3.14. The largest absolute Gasteiger partial charge is 0.508 e. The number of carbonyl (C=O) groups excluding carboxylic acids is 1. The van der Waals surface area contributed by atoms with E-state index in [9.17, 15) is 4.79 Å². The molecule has 0 aromatic carbocycles. The van der Waals surface area contributed by atoms with Crippen LogP contribution < -0.4 is 0 Å². The Kier molecular flexibility index (Phi) is 10.1. The summed E-state index contributed by atoms with van der Waals surface area (Å²) in [5.74, 6) is 2.38. The highest BCUT2D eigenvalue weighted by Gasteiger charge is 2.01. The lowest BCUT2D eigenvalue weighted by Crippen LogP contribution is -2.09. The van der Waals surface area contributed by atoms with Crippen molar-refractivity contribution in [3.63, 3.8) is 0 Å². The number of carbonyl (C=O) groups is 1. The van der Waals surface area contributed by atoms with Crippen molar-refractivity contribution in [1.82, 2.24) is 0 Å². The minimum absolute atomic E-state index is 0.241. The van der Waals surface area contributed by atoms with Crippen LogP contribution in [-0.4, -0.2) is 19.4 Å². The lowest BCUT2D eigenvalue weighted by atomic mass is 10.2. The summed E-state index contributed by atoms with van der Waals surface area (Å²) in [4.78, 5) is 10.9. The minimum Gasteiger partial charge on any atom is -0.434 e. The smallest absolute Gasteiger partial charge is 0.434 e. The van der Waals surface area contributed by atoms with E-state index < -0.39 is 6.16 Å². The average molecular weight is 212 g/mol. The van der Waals surface area contributed by atoms with Crippen molar-refractivity contribution in [3.8, 4) is 12.3 Å². The molecule has 0 unspecified atom stereocenters. The van der Waals surface area contributed by atoms with E-state index >= 15 is 0 Å². The SMILES string of the molecule is C#CCCOC(=O)OCCCCCCC. The van der Waals surface area contributed by atoms with Gasteiger partial charge in [-0.15, -0.1) is 12.3 Å². The van der Waals surface area contributed by atoms with E-state index in [0.717, 1.165) is 12.8 Å². The first-order chi connectivity index (χ1) is 7.31. The fourth-order valence-electron chi connectivity index (χ4n) is 1.10. The molecule has 15 heavy (non-hydrogen) atoms. The molecule has 0 spiro atoms. The molecule has 0 bridgehead atoms. The van der Waals surface area contributed by atoms with Crippen LogP contribution in [0.15, 0.2) is 0 Å². The highest BCUT2D eigenvalue weighted by atomic mass is 16.7. The Bertz CT molecular complexity index is 194. The summed E-state index contributed by atoms with van der Waals surface area (Å²) in [6.07, 6.45) is 10.5. The predicted molar refractivity (Wildman–Crippen MR) is 59.5 cm³/mol. The van der Waals surface area contributed by atoms with Crippen molar-refractivity contribution in [2.45, 2.75) is 45.4 Å². The summed E-state index contributed by atoms with van der Waals surface area (Å²) < 4.78 is 9.55. The maximum Gasteiger partial charge on any atom is 0.508 e. The summed E-state index contributed by atoms with van der Waals surface area (Å²) >= 11 is 0. The molecule has 0 fully saturated rings. The molecule has 0 N–H and O–H groups in total. The summed E-state index contributed by atoms with van der Waals surface area (Å²) in [5, 5.41) is 0. The van der Waals surface area contributed by atoms with Crippen LogP contribution >= 0.6 is 0 Å². The molecule has 0 aliphatic carbocycles. The second-order valence-corrected chi connectivity index (χ2v) is 3.32. The number of unbranched alkanes of at least 4 members (excludes halogenated alkanes) is 4. The average Bonchev–Trinajstić information content (AvgIpc) is 2.23. The predicted octanol–water partition coefficient (Wildman–Crippen LogP) is 3.13. The van der Waals surface area contributed by atoms with Gasteiger partial charge in [-0.1, -0.05) is 32.6 Å². The lowest BCUT2D eigenvalue weighted by molar-refractivity contribution is 0.0556. The second-order valence-electron chi connectivity index (χ2n) is 3.32. The van der Waals surface area contributed by atoms with Crippen LogP contribution in [0.5, 0.6) is 0 Å². The van der Waals surface area contributed by atoms with Crippen molar-refractivity contribution in [2.75, 3.05) is 13.2 Å². The monoisotopic (exact) mass is 212 g/mol. The normalized spacial score (nSPS) is 9.33. The molecule has 0 heterocycles. The Morgan fingerprint density at radius 1 is 1.13 bits per heavy atom. The first-order valence-corrected chi connectivity index (χ1v) is 5.54. The van der Waals surface area contributed by atoms with Gasteiger partial charge in [-0.3, -0.25) is 0 Å². The van der Waals surface area contributed by atoms with Crippen molar-refractivity contribution in [3.05, 3.63) is 0 Å². The molecule has 0 amide bonds. The van der Waals surface area contributed by atoms with Gasteiger partial charge in [-0.25, -0.2) is 4.79 Å². The van der Waals surface area contributed by atoms with E-state index in [1.54, 1.807) is 0 Å². The van der Waals surface area contributed by atoms with Gasteiger partial charge >= 0.3 is 6.16 Å². The molecule has 3 nitrogen and oxygen atoms in total. The quantitative estimate of drug-likeness (QED) is 0.352. The zero-order chi connectivity index (χ0) is 11.4. The van der Waals surface area contributed by atoms with Gasteiger partial charge in [0.25, 0.3) is 0 Å². The summed E-state index contributed by atoms with van der Waals surface area (Å²) in [6.45, 7) is 2.85. The van der Waals surface area contributed by atoms with Crippen LogP contribution in [0.4, 0.5) is 4.79 Å². The van der Waals surface area contributed by atoms with Crippen LogP contribution in [0, 0.1) is 12.3 Å². The lowest BCUT2D eigenvalue weighted by Gasteiger charge is -2.04. The number of hydrogen-bond acceptors (Lipinski definition) is 3. The van der Waals surface area contributed by atoms with Gasteiger partial charge in [0, 0.05) is 6.42 Å². The van der Waals surface area contributed by atoms with E-state index in [1.165, 1.54) is 19.3 Å². The molecule has 0 radical (unpaired) electrons. The van der Waals surface area contributed by atoms with Crippen LogP contribution in [0.1, 0.15) is 45.4 Å². The number of rotatable bonds is 8. The molecular formula is C12H20O3. The number of terminal acetylenes is 1. The minimum atomic E-state index is -0.610. The molecule has 86 valence electrons. The highest BCUT2D eigenvalue weighted by molar-refractivity contribution is 5.59. The summed E-state index contributed by atoms with van der Waals surface area (Å²) in [6, 6.07) is 0. The molecule has 0 saturated carbocycles. The van der Waals surface area contributed by atoms with Crippen molar-refractivity contribution in [1.29, 1.82) is 0 Å². The number of ether oxygens (including phenoxy) is 2. The van der Waals surface area contributed by atoms with Crippen molar-refractivity contribution < 1.29 is 14.3 Å². The van der Waals surface area contributed by atoms with Crippen LogP contribution in [0.3, 0.4) is 0 Å². The summed E-state index contributed by atoms with van der Waals surface area (Å²) in [7, 11) is 0. The van der Waals surface area contributed by atoms with Gasteiger partial charge in [0.2, 0.25) is 0 Å².